The predicted octanol–water partition coefficient (Wildman–Crippen LogP) is 3.39. The molecule has 1 N–H and O–H groups in total. The third kappa shape index (κ3) is 3.47. The maximum absolute atomic E-state index is 12.7. The van der Waals surface area contributed by atoms with Crippen molar-refractivity contribution in [2.45, 2.75) is 12.5 Å². The van der Waals surface area contributed by atoms with E-state index in [1.54, 1.807) is 18.4 Å². The van der Waals surface area contributed by atoms with Crippen LogP contribution in [0.15, 0.2) is 82.3 Å². The molecule has 0 radical (unpaired) electrons. The summed E-state index contributed by atoms with van der Waals surface area (Å²) < 4.78 is 23.1. The van der Waals surface area contributed by atoms with Crippen molar-refractivity contribution in [2.75, 3.05) is 6.79 Å². The Balaban J connectivity index is 1.54. The molecule has 8 heteroatoms. The molecular formula is C21H17N3O5. The van der Waals surface area contributed by atoms with E-state index in [0.29, 0.717) is 29.2 Å². The van der Waals surface area contributed by atoms with Crippen LogP contribution in [0, 0.1) is 0 Å². The van der Waals surface area contributed by atoms with Gasteiger partial charge in [0, 0.05) is 18.6 Å². The molecule has 146 valence electrons. The number of nitrogens with one attached hydrogen (secondary N) is 1. The Morgan fingerprint density at radius 1 is 1.17 bits per heavy atom. The maximum Gasteiger partial charge on any atom is 0.319 e. The molecule has 5 rings (SSSR count). The summed E-state index contributed by atoms with van der Waals surface area (Å²) >= 11 is 0. The molecule has 0 saturated carbocycles. The molecule has 0 amide bonds. The maximum atomic E-state index is 12.7. The van der Waals surface area contributed by atoms with Crippen molar-refractivity contribution in [2.24, 2.45) is 0 Å². The summed E-state index contributed by atoms with van der Waals surface area (Å²) in [5, 5.41) is 3.01. The van der Waals surface area contributed by atoms with Crippen LogP contribution >= 0.6 is 0 Å². The molecule has 1 aliphatic rings. The second kappa shape index (κ2) is 7.23. The van der Waals surface area contributed by atoms with Gasteiger partial charge in [0.1, 0.15) is 11.8 Å². The number of furan rings is 1. The quantitative estimate of drug-likeness (QED) is 0.542. The summed E-state index contributed by atoms with van der Waals surface area (Å²) in [5.74, 6) is 0.883. The van der Waals surface area contributed by atoms with Gasteiger partial charge in [0.05, 0.1) is 12.0 Å². The molecule has 8 nitrogen and oxygen atoms in total. The molecular weight excluding hydrogens is 374 g/mol. The molecule has 4 heterocycles. The first kappa shape index (κ1) is 17.2. The topological polar surface area (TPSA) is 91.0 Å². The Morgan fingerprint density at radius 2 is 2.07 bits per heavy atom. The van der Waals surface area contributed by atoms with Gasteiger partial charge in [0.15, 0.2) is 17.7 Å². The summed E-state index contributed by atoms with van der Waals surface area (Å²) in [7, 11) is 0. The van der Waals surface area contributed by atoms with Crippen molar-refractivity contribution in [3.8, 4) is 11.5 Å². The van der Waals surface area contributed by atoms with Gasteiger partial charge < -0.3 is 18.6 Å². The highest BCUT2D eigenvalue weighted by molar-refractivity contribution is 5.59. The van der Waals surface area contributed by atoms with E-state index in [1.807, 2.05) is 36.4 Å². The lowest BCUT2D eigenvalue weighted by Crippen LogP contribution is -2.19. The second-order valence-corrected chi connectivity index (χ2v) is 6.52. The average molecular weight is 391 g/mol. The molecule has 0 bridgehead atoms. The van der Waals surface area contributed by atoms with Gasteiger partial charge in [-0.1, -0.05) is 30.3 Å². The Morgan fingerprint density at radius 3 is 2.83 bits per heavy atom. The fourth-order valence-electron chi connectivity index (χ4n) is 3.20. The smallest absolute Gasteiger partial charge is 0.319 e. The number of fused-ring (bicyclic) bond motifs is 1. The largest absolute Gasteiger partial charge is 0.463 e. The van der Waals surface area contributed by atoms with Crippen molar-refractivity contribution >= 4 is 5.65 Å². The van der Waals surface area contributed by atoms with E-state index in [4.69, 9.17) is 18.6 Å². The van der Waals surface area contributed by atoms with Crippen molar-refractivity contribution in [1.29, 1.82) is 0 Å². The zero-order valence-electron chi connectivity index (χ0n) is 15.3. The first-order valence-electron chi connectivity index (χ1n) is 9.08. The van der Waals surface area contributed by atoms with Gasteiger partial charge in [-0.2, -0.15) is 0 Å². The van der Waals surface area contributed by atoms with Gasteiger partial charge in [-0.25, -0.2) is 9.50 Å². The molecule has 0 fully saturated rings. The van der Waals surface area contributed by atoms with Gasteiger partial charge >= 0.3 is 5.95 Å². The van der Waals surface area contributed by atoms with Crippen molar-refractivity contribution in [3.05, 3.63) is 94.7 Å². The van der Waals surface area contributed by atoms with E-state index < -0.39 is 6.10 Å². The minimum Gasteiger partial charge on any atom is -0.463 e. The lowest BCUT2D eigenvalue weighted by molar-refractivity contribution is -0.0230. The number of hydrogen-bond donors (Lipinski definition) is 1. The minimum absolute atomic E-state index is 0.104. The molecule has 1 aliphatic heterocycles. The lowest BCUT2D eigenvalue weighted by atomic mass is 10.1. The first-order chi connectivity index (χ1) is 14.3. The van der Waals surface area contributed by atoms with Crippen LogP contribution < -0.4 is 5.56 Å². The predicted molar refractivity (Wildman–Crippen MR) is 103 cm³/mol. The van der Waals surface area contributed by atoms with Gasteiger partial charge in [0.25, 0.3) is 5.56 Å². The number of nitrogens with zero attached hydrogens (tertiary/aromatic N) is 2. The zero-order chi connectivity index (χ0) is 19.6. The highest BCUT2D eigenvalue weighted by atomic mass is 16.8. The van der Waals surface area contributed by atoms with Gasteiger partial charge in [-0.05, 0) is 17.7 Å². The Kier molecular flexibility index (Phi) is 4.28. The minimum atomic E-state index is -0.523. The van der Waals surface area contributed by atoms with Crippen LogP contribution in [0.4, 0.5) is 0 Å². The average Bonchev–Trinajstić information content (AvgIpc) is 3.49. The van der Waals surface area contributed by atoms with E-state index in [-0.39, 0.29) is 18.3 Å². The van der Waals surface area contributed by atoms with Crippen LogP contribution in [0.5, 0.6) is 0 Å². The number of ether oxygens (including phenoxy) is 3. The summed E-state index contributed by atoms with van der Waals surface area (Å²) in [6.07, 6.45) is 2.97. The fraction of sp³-hybridized carbons (Fsp3) is 0.143. The van der Waals surface area contributed by atoms with Crippen LogP contribution in [0.1, 0.15) is 17.4 Å². The zero-order valence-corrected chi connectivity index (χ0v) is 15.3. The number of rotatable bonds is 6. The molecule has 29 heavy (non-hydrogen) atoms. The SMILES string of the molecule is O=c1cc(C(Cc2ccccc2)OC2=COCO2)nc2cc(-c3ccco3)[nH]n12. The lowest BCUT2D eigenvalue weighted by Gasteiger charge is -2.18. The normalized spacial score (nSPS) is 14.3. The molecule has 1 aromatic carbocycles. The third-order valence-electron chi connectivity index (χ3n) is 4.56. The molecule has 0 saturated heterocycles. The van der Waals surface area contributed by atoms with E-state index in [2.05, 4.69) is 10.1 Å². The molecule has 1 unspecified atom stereocenters. The first-order valence-corrected chi connectivity index (χ1v) is 9.08. The number of hydrogen-bond acceptors (Lipinski definition) is 6. The summed E-state index contributed by atoms with van der Waals surface area (Å²) in [5.41, 5.74) is 2.43. The Labute approximate surface area is 164 Å². The number of benzene rings is 1. The Hall–Kier alpha value is -3.94. The number of H-pyrrole nitrogens is 1. The second-order valence-electron chi connectivity index (χ2n) is 6.52. The highest BCUT2D eigenvalue weighted by Crippen LogP contribution is 2.26. The number of aromatic amines is 1. The third-order valence-corrected chi connectivity index (χ3v) is 4.56. The van der Waals surface area contributed by atoms with Gasteiger partial charge in [-0.3, -0.25) is 9.89 Å². The summed E-state index contributed by atoms with van der Waals surface area (Å²) in [6, 6.07) is 16.6. The van der Waals surface area contributed by atoms with Crippen molar-refractivity contribution < 1.29 is 18.6 Å². The van der Waals surface area contributed by atoms with E-state index in [1.165, 1.54) is 16.8 Å². The van der Waals surface area contributed by atoms with E-state index >= 15 is 0 Å². The Bertz CT molecular complexity index is 1210. The van der Waals surface area contributed by atoms with Crippen LogP contribution in [-0.4, -0.2) is 21.4 Å². The van der Waals surface area contributed by atoms with Crippen molar-refractivity contribution in [3.63, 3.8) is 0 Å². The van der Waals surface area contributed by atoms with Gasteiger partial charge in [-0.15, -0.1) is 0 Å². The highest BCUT2D eigenvalue weighted by Gasteiger charge is 2.22. The summed E-state index contributed by atoms with van der Waals surface area (Å²) in [6.45, 7) is 0.104. The van der Waals surface area contributed by atoms with Gasteiger partial charge in [0.2, 0.25) is 6.79 Å². The van der Waals surface area contributed by atoms with Crippen LogP contribution in [0.3, 0.4) is 0 Å². The van der Waals surface area contributed by atoms with Crippen LogP contribution in [-0.2, 0) is 20.6 Å². The van der Waals surface area contributed by atoms with Crippen LogP contribution in [0.25, 0.3) is 17.1 Å². The fourth-order valence-corrected chi connectivity index (χ4v) is 3.20. The van der Waals surface area contributed by atoms with Crippen molar-refractivity contribution in [1.82, 2.24) is 14.6 Å². The summed E-state index contributed by atoms with van der Waals surface area (Å²) in [4.78, 5) is 17.4. The van der Waals surface area contributed by atoms with E-state index in [9.17, 15) is 4.79 Å². The standard InChI is InChI=1S/C21H17N3O5/c25-20-11-15(22-19-10-16(23-24(19)20)17-7-4-8-27-17)18(29-21-12-26-13-28-21)9-14-5-2-1-3-6-14/h1-8,10-12,18,23H,9,13H2. The monoisotopic (exact) mass is 391 g/mol. The van der Waals surface area contributed by atoms with Crippen LogP contribution in [0.2, 0.25) is 0 Å². The molecule has 3 aromatic heterocycles. The molecule has 1 atom stereocenters. The molecule has 4 aromatic rings. The molecule has 0 aliphatic carbocycles. The number of aromatic nitrogens is 3. The van der Waals surface area contributed by atoms with E-state index in [0.717, 1.165) is 5.56 Å². The molecule has 0 spiro atoms.